The third kappa shape index (κ3) is 2.78. The predicted octanol–water partition coefficient (Wildman–Crippen LogP) is 3.85. The summed E-state index contributed by atoms with van der Waals surface area (Å²) in [5.41, 5.74) is 7.13. The van der Waals surface area contributed by atoms with Crippen molar-refractivity contribution in [1.29, 1.82) is 0 Å². The Morgan fingerprint density at radius 2 is 1.76 bits per heavy atom. The average Bonchev–Trinajstić information content (AvgIpc) is 2.23. The third-order valence-electron chi connectivity index (χ3n) is 2.04. The Bertz CT molecular complexity index is 537. The summed E-state index contributed by atoms with van der Waals surface area (Å²) in [6.45, 7) is 0. The molecular formula is C11H8Cl2FN3. The Morgan fingerprint density at radius 1 is 1.12 bits per heavy atom. The Kier molecular flexibility index (Phi) is 3.36. The number of nitrogens with two attached hydrogens (primary N) is 1. The van der Waals surface area contributed by atoms with Gasteiger partial charge in [-0.2, -0.15) is 0 Å². The average molecular weight is 272 g/mol. The molecule has 0 fully saturated rings. The first-order valence-corrected chi connectivity index (χ1v) is 5.44. The number of hydrogen-bond acceptors (Lipinski definition) is 3. The van der Waals surface area contributed by atoms with Gasteiger partial charge in [-0.05, 0) is 18.2 Å². The van der Waals surface area contributed by atoms with Crippen LogP contribution in [0.1, 0.15) is 0 Å². The maximum absolute atomic E-state index is 13.0. The van der Waals surface area contributed by atoms with Gasteiger partial charge in [-0.25, -0.2) is 4.39 Å². The number of hydrogen-bond donors (Lipinski definition) is 2. The number of aromatic nitrogens is 1. The minimum atomic E-state index is -0.490. The van der Waals surface area contributed by atoms with Gasteiger partial charge in [-0.15, -0.1) is 0 Å². The van der Waals surface area contributed by atoms with E-state index in [4.69, 9.17) is 28.9 Å². The number of benzene rings is 1. The monoisotopic (exact) mass is 271 g/mol. The number of nitrogen functional groups attached to an aromatic ring is 1. The van der Waals surface area contributed by atoms with Crippen molar-refractivity contribution >= 4 is 40.3 Å². The van der Waals surface area contributed by atoms with Crippen LogP contribution >= 0.6 is 23.2 Å². The van der Waals surface area contributed by atoms with Crippen LogP contribution in [0.4, 0.5) is 21.5 Å². The summed E-state index contributed by atoms with van der Waals surface area (Å²) < 4.78 is 13.0. The molecule has 0 atom stereocenters. The number of nitrogens with zero attached hydrogens (tertiary/aromatic N) is 1. The van der Waals surface area contributed by atoms with E-state index in [2.05, 4.69) is 10.3 Å². The first kappa shape index (κ1) is 12.0. The molecule has 1 aromatic heterocycles. The Labute approximate surface area is 107 Å². The predicted molar refractivity (Wildman–Crippen MR) is 68.4 cm³/mol. The van der Waals surface area contributed by atoms with Crippen LogP contribution in [0.25, 0.3) is 0 Å². The maximum Gasteiger partial charge on any atom is 0.126 e. The molecule has 3 nitrogen and oxygen atoms in total. The molecule has 0 saturated carbocycles. The van der Waals surface area contributed by atoms with Crippen LogP contribution in [-0.2, 0) is 0 Å². The van der Waals surface area contributed by atoms with E-state index in [1.165, 1.54) is 18.3 Å². The smallest absolute Gasteiger partial charge is 0.126 e. The highest BCUT2D eigenvalue weighted by Gasteiger charge is 2.08. The molecule has 3 N–H and O–H groups in total. The molecule has 1 aromatic carbocycles. The summed E-state index contributed by atoms with van der Waals surface area (Å²) >= 11 is 11.8. The van der Waals surface area contributed by atoms with Gasteiger partial charge in [0.05, 0.1) is 33.3 Å². The topological polar surface area (TPSA) is 50.9 Å². The van der Waals surface area contributed by atoms with Gasteiger partial charge in [0.1, 0.15) is 5.82 Å². The molecular weight excluding hydrogens is 264 g/mol. The molecule has 0 unspecified atom stereocenters. The van der Waals surface area contributed by atoms with Crippen molar-refractivity contribution in [3.8, 4) is 0 Å². The van der Waals surface area contributed by atoms with Crippen molar-refractivity contribution in [3.63, 3.8) is 0 Å². The molecule has 2 rings (SSSR count). The summed E-state index contributed by atoms with van der Waals surface area (Å²) in [4.78, 5) is 3.91. The maximum atomic E-state index is 13.0. The second-order valence-electron chi connectivity index (χ2n) is 3.38. The van der Waals surface area contributed by atoms with Crippen LogP contribution in [0.15, 0.2) is 30.6 Å². The highest BCUT2D eigenvalue weighted by molar-refractivity contribution is 6.39. The molecule has 0 aliphatic heterocycles. The van der Waals surface area contributed by atoms with Gasteiger partial charge in [0, 0.05) is 6.20 Å². The normalized spacial score (nSPS) is 10.3. The molecule has 88 valence electrons. The molecule has 2 aromatic rings. The summed E-state index contributed by atoms with van der Waals surface area (Å²) in [7, 11) is 0. The number of rotatable bonds is 2. The number of anilines is 3. The number of nitrogens with one attached hydrogen (secondary N) is 1. The van der Waals surface area contributed by atoms with Gasteiger partial charge in [0.2, 0.25) is 0 Å². The standard InChI is InChI=1S/C11H8Cl2FN3/c12-9-1-6(14)2-10(13)11(9)17-8-3-7(15)4-16-5-8/h1-5,17H,15H2. The van der Waals surface area contributed by atoms with Crippen molar-refractivity contribution in [2.75, 3.05) is 11.1 Å². The van der Waals surface area contributed by atoms with Crippen LogP contribution in [-0.4, -0.2) is 4.98 Å². The van der Waals surface area contributed by atoms with E-state index in [1.54, 1.807) is 12.3 Å². The van der Waals surface area contributed by atoms with Gasteiger partial charge >= 0.3 is 0 Å². The Hall–Kier alpha value is -1.52. The van der Waals surface area contributed by atoms with E-state index >= 15 is 0 Å². The second kappa shape index (κ2) is 4.77. The fraction of sp³-hybridized carbons (Fsp3) is 0. The molecule has 0 saturated heterocycles. The van der Waals surface area contributed by atoms with E-state index < -0.39 is 5.82 Å². The summed E-state index contributed by atoms with van der Waals surface area (Å²) in [5.74, 6) is -0.490. The Balaban J connectivity index is 2.36. The molecule has 0 aliphatic carbocycles. The summed E-state index contributed by atoms with van der Waals surface area (Å²) in [6, 6.07) is 4.02. The van der Waals surface area contributed by atoms with Gasteiger partial charge in [0.25, 0.3) is 0 Å². The van der Waals surface area contributed by atoms with Gasteiger partial charge < -0.3 is 11.1 Å². The first-order chi connectivity index (χ1) is 8.06. The SMILES string of the molecule is Nc1cncc(Nc2c(Cl)cc(F)cc2Cl)c1. The molecule has 1 heterocycles. The zero-order chi connectivity index (χ0) is 12.4. The molecule has 17 heavy (non-hydrogen) atoms. The molecule has 0 radical (unpaired) electrons. The lowest BCUT2D eigenvalue weighted by atomic mass is 10.3. The molecule has 0 bridgehead atoms. The Morgan fingerprint density at radius 3 is 2.35 bits per heavy atom. The van der Waals surface area contributed by atoms with Crippen molar-refractivity contribution < 1.29 is 4.39 Å². The van der Waals surface area contributed by atoms with Crippen molar-refractivity contribution in [3.05, 3.63) is 46.5 Å². The van der Waals surface area contributed by atoms with E-state index in [9.17, 15) is 4.39 Å². The summed E-state index contributed by atoms with van der Waals surface area (Å²) in [6.07, 6.45) is 3.07. The van der Waals surface area contributed by atoms with Crippen LogP contribution < -0.4 is 11.1 Å². The van der Waals surface area contributed by atoms with Crippen molar-refractivity contribution in [1.82, 2.24) is 4.98 Å². The minimum Gasteiger partial charge on any atom is -0.397 e. The fourth-order valence-electron chi connectivity index (χ4n) is 1.33. The van der Waals surface area contributed by atoms with E-state index in [1.807, 2.05) is 0 Å². The largest absolute Gasteiger partial charge is 0.397 e. The molecule has 6 heteroatoms. The van der Waals surface area contributed by atoms with Crippen LogP contribution in [0.2, 0.25) is 10.0 Å². The zero-order valence-electron chi connectivity index (χ0n) is 8.55. The molecule has 0 aliphatic rings. The lowest BCUT2D eigenvalue weighted by Crippen LogP contribution is -1.95. The summed E-state index contributed by atoms with van der Waals surface area (Å²) in [5, 5.41) is 3.32. The molecule has 0 spiro atoms. The van der Waals surface area contributed by atoms with Crippen molar-refractivity contribution in [2.45, 2.75) is 0 Å². The second-order valence-corrected chi connectivity index (χ2v) is 4.19. The van der Waals surface area contributed by atoms with Crippen LogP contribution in [0.5, 0.6) is 0 Å². The fourth-order valence-corrected chi connectivity index (χ4v) is 1.89. The number of halogens is 3. The molecule has 0 amide bonds. The van der Waals surface area contributed by atoms with Crippen LogP contribution in [0, 0.1) is 5.82 Å². The van der Waals surface area contributed by atoms with E-state index in [0.717, 1.165) is 0 Å². The lowest BCUT2D eigenvalue weighted by molar-refractivity contribution is 0.628. The van der Waals surface area contributed by atoms with E-state index in [-0.39, 0.29) is 10.0 Å². The van der Waals surface area contributed by atoms with E-state index in [0.29, 0.717) is 17.1 Å². The number of pyridine rings is 1. The lowest BCUT2D eigenvalue weighted by Gasteiger charge is -2.10. The minimum absolute atomic E-state index is 0.192. The van der Waals surface area contributed by atoms with Crippen LogP contribution in [0.3, 0.4) is 0 Å². The van der Waals surface area contributed by atoms with Gasteiger partial charge in [-0.1, -0.05) is 23.2 Å². The highest BCUT2D eigenvalue weighted by Crippen LogP contribution is 2.33. The quantitative estimate of drug-likeness (QED) is 0.872. The first-order valence-electron chi connectivity index (χ1n) is 4.68. The van der Waals surface area contributed by atoms with Gasteiger partial charge in [-0.3, -0.25) is 4.98 Å². The highest BCUT2D eigenvalue weighted by atomic mass is 35.5. The third-order valence-corrected chi connectivity index (χ3v) is 2.63. The van der Waals surface area contributed by atoms with Gasteiger partial charge in [0.15, 0.2) is 0 Å². The zero-order valence-corrected chi connectivity index (χ0v) is 10.1. The van der Waals surface area contributed by atoms with Crippen molar-refractivity contribution in [2.24, 2.45) is 0 Å².